The number of nitrogens with zero attached hydrogens (tertiary/aromatic N) is 1. The Morgan fingerprint density at radius 2 is 1.98 bits per heavy atom. The molecule has 6 atom stereocenters. The van der Waals surface area contributed by atoms with Gasteiger partial charge >= 0.3 is 0 Å². The molecule has 1 aromatic heterocycles. The van der Waals surface area contributed by atoms with Gasteiger partial charge in [0.2, 0.25) is 5.89 Å². The molecule has 9 heteroatoms. The first kappa shape index (κ1) is 27.9. The van der Waals surface area contributed by atoms with Gasteiger partial charge < -0.3 is 24.5 Å². The quantitative estimate of drug-likeness (QED) is 0.253. The summed E-state index contributed by atoms with van der Waals surface area (Å²) in [5.41, 5.74) is 0.348. The minimum absolute atomic E-state index is 0.123. The van der Waals surface area contributed by atoms with Crippen molar-refractivity contribution in [2.75, 3.05) is 19.7 Å². The lowest BCUT2D eigenvalue weighted by atomic mass is 9.65. The minimum Gasteiger partial charge on any atom is -0.483 e. The number of amides is 2. The number of carbonyl (C=O) groups excluding carboxylic acids is 2. The van der Waals surface area contributed by atoms with Crippen molar-refractivity contribution in [3.05, 3.63) is 47.4 Å². The van der Waals surface area contributed by atoms with Crippen LogP contribution >= 0.6 is 0 Å². The van der Waals surface area contributed by atoms with Crippen LogP contribution in [0.25, 0.3) is 0 Å². The number of hydrogen-bond acceptors (Lipinski definition) is 6. The molecule has 1 saturated heterocycles. The van der Waals surface area contributed by atoms with E-state index in [9.17, 15) is 14.0 Å². The zero-order valence-electron chi connectivity index (χ0n) is 24.5. The summed E-state index contributed by atoms with van der Waals surface area (Å²) < 4.78 is 32.6. The first-order chi connectivity index (χ1) is 20.5. The third-order valence-corrected chi connectivity index (χ3v) is 10.9. The van der Waals surface area contributed by atoms with Gasteiger partial charge in [-0.25, -0.2) is 9.37 Å². The molecule has 1 spiro atoms. The Balaban J connectivity index is 1.02. The summed E-state index contributed by atoms with van der Waals surface area (Å²) in [6, 6.07) is 4.45. The van der Waals surface area contributed by atoms with Gasteiger partial charge in [0.05, 0.1) is 11.5 Å². The van der Waals surface area contributed by atoms with Crippen LogP contribution < -0.4 is 15.4 Å². The number of rotatable bonds is 13. The molecule has 226 valence electrons. The number of unbranched alkanes of at least 4 members (excludes halogenated alkanes) is 1. The maximum Gasteiger partial charge on any atom is 0.273 e. The van der Waals surface area contributed by atoms with E-state index in [0.29, 0.717) is 48.7 Å². The first-order valence-corrected chi connectivity index (χ1v) is 16.1. The van der Waals surface area contributed by atoms with E-state index < -0.39 is 5.41 Å². The summed E-state index contributed by atoms with van der Waals surface area (Å²) in [4.78, 5) is 29.7. The standard InChI is InChI=1S/C33H42FN3O5/c1-2-35-28(38)19-40-26-13-11-22(34)16-21(26)17-24-29-23-12-14-27-33(23,42-27)32(24,29)31-37-25(18-41-31)30(39)36-15-7-6-10-20-8-4-3-5-9-20/h11,13,16,18,20,23-24,27,29H,2-10,12,14-15,17,19H2,1H3,(H,35,38)(H,36,39). The molecule has 4 saturated carbocycles. The van der Waals surface area contributed by atoms with Crippen molar-refractivity contribution in [3.63, 3.8) is 0 Å². The fourth-order valence-electron chi connectivity index (χ4n) is 9.13. The Kier molecular flexibility index (Phi) is 7.27. The maximum atomic E-state index is 14.4. The zero-order chi connectivity index (χ0) is 28.9. The number of aromatic nitrogens is 1. The smallest absolute Gasteiger partial charge is 0.273 e. The summed E-state index contributed by atoms with van der Waals surface area (Å²) in [6.07, 6.45) is 14.5. The van der Waals surface area contributed by atoms with Gasteiger partial charge in [-0.05, 0) is 80.0 Å². The van der Waals surface area contributed by atoms with Crippen molar-refractivity contribution in [2.24, 2.45) is 23.7 Å². The lowest BCUT2D eigenvalue weighted by Gasteiger charge is -2.38. The Labute approximate surface area is 246 Å². The molecule has 1 aromatic carbocycles. The number of hydrogen-bond donors (Lipinski definition) is 2. The van der Waals surface area contributed by atoms with Gasteiger partial charge in [0.1, 0.15) is 23.4 Å². The summed E-state index contributed by atoms with van der Waals surface area (Å²) in [5.74, 6) is 2.04. The number of ether oxygens (including phenoxy) is 2. The number of fused-ring (bicyclic) bond motifs is 2. The van der Waals surface area contributed by atoms with Crippen LogP contribution in [-0.2, 0) is 21.4 Å². The number of nitrogens with one attached hydrogen (secondary N) is 2. The van der Waals surface area contributed by atoms with Crippen molar-refractivity contribution in [3.8, 4) is 5.75 Å². The summed E-state index contributed by atoms with van der Waals surface area (Å²) in [5, 5.41) is 5.76. The van der Waals surface area contributed by atoms with Gasteiger partial charge in [-0.3, -0.25) is 9.59 Å². The largest absolute Gasteiger partial charge is 0.483 e. The van der Waals surface area contributed by atoms with Gasteiger partial charge in [0.15, 0.2) is 12.3 Å². The molecule has 1 aliphatic heterocycles. The highest BCUT2D eigenvalue weighted by Gasteiger charge is 2.99. The van der Waals surface area contributed by atoms with Gasteiger partial charge in [-0.2, -0.15) is 0 Å². The van der Waals surface area contributed by atoms with E-state index in [1.807, 2.05) is 6.92 Å². The lowest BCUT2D eigenvalue weighted by Crippen LogP contribution is -2.50. The first-order valence-electron chi connectivity index (χ1n) is 16.1. The van der Waals surface area contributed by atoms with Crippen LogP contribution in [0.1, 0.15) is 93.1 Å². The van der Waals surface area contributed by atoms with Crippen LogP contribution in [0.5, 0.6) is 5.75 Å². The number of benzene rings is 1. The van der Waals surface area contributed by atoms with Crippen LogP contribution in [-0.4, -0.2) is 48.2 Å². The second-order valence-corrected chi connectivity index (χ2v) is 13.1. The molecular weight excluding hydrogens is 537 g/mol. The van der Waals surface area contributed by atoms with Crippen LogP contribution in [0.15, 0.2) is 28.9 Å². The van der Waals surface area contributed by atoms with E-state index in [0.717, 1.165) is 37.2 Å². The highest BCUT2D eigenvalue weighted by molar-refractivity contribution is 5.92. The minimum atomic E-state index is -0.402. The van der Waals surface area contributed by atoms with Crippen LogP contribution in [0.4, 0.5) is 4.39 Å². The molecule has 42 heavy (non-hydrogen) atoms. The van der Waals surface area contributed by atoms with Crippen molar-refractivity contribution >= 4 is 11.8 Å². The monoisotopic (exact) mass is 579 g/mol. The molecule has 2 aromatic rings. The molecule has 2 heterocycles. The average molecular weight is 580 g/mol. The average Bonchev–Trinajstić information content (AvgIpc) is 3.73. The molecule has 4 aliphatic carbocycles. The fraction of sp³-hybridized carbons (Fsp3) is 0.667. The summed E-state index contributed by atoms with van der Waals surface area (Å²) >= 11 is 0. The Morgan fingerprint density at radius 1 is 1.12 bits per heavy atom. The van der Waals surface area contributed by atoms with E-state index in [1.54, 1.807) is 6.07 Å². The molecule has 5 fully saturated rings. The molecule has 7 rings (SSSR count). The van der Waals surface area contributed by atoms with E-state index in [2.05, 4.69) is 10.6 Å². The molecule has 5 aliphatic rings. The molecule has 2 amide bonds. The predicted molar refractivity (Wildman–Crippen MR) is 153 cm³/mol. The number of oxazole rings is 1. The van der Waals surface area contributed by atoms with Crippen molar-refractivity contribution in [1.29, 1.82) is 0 Å². The van der Waals surface area contributed by atoms with E-state index in [-0.39, 0.29) is 41.9 Å². The van der Waals surface area contributed by atoms with Gasteiger partial charge in [-0.15, -0.1) is 0 Å². The number of carbonyl (C=O) groups is 2. The molecule has 8 nitrogen and oxygen atoms in total. The van der Waals surface area contributed by atoms with E-state index >= 15 is 0 Å². The van der Waals surface area contributed by atoms with E-state index in [1.165, 1.54) is 56.9 Å². The molecular formula is C33H42FN3O5. The summed E-state index contributed by atoms with van der Waals surface area (Å²) in [6.45, 7) is 2.89. The third-order valence-electron chi connectivity index (χ3n) is 10.9. The topological polar surface area (TPSA) is 106 Å². The number of likely N-dealkylation sites (N-methyl/N-ethyl adjacent to an activating group) is 1. The van der Waals surface area contributed by atoms with Crippen molar-refractivity contribution in [1.82, 2.24) is 15.6 Å². The second-order valence-electron chi connectivity index (χ2n) is 13.1. The SMILES string of the molecule is CCNC(=O)COc1ccc(F)cc1CC1C2C3CCC4OC43C12c1nc(C(=O)NCCCCC2CCCCC2)co1. The van der Waals surface area contributed by atoms with Gasteiger partial charge in [0, 0.05) is 13.1 Å². The van der Waals surface area contributed by atoms with Crippen LogP contribution in [0.2, 0.25) is 0 Å². The number of epoxide rings is 1. The van der Waals surface area contributed by atoms with Crippen LogP contribution in [0, 0.1) is 29.5 Å². The van der Waals surface area contributed by atoms with Gasteiger partial charge in [0.25, 0.3) is 11.8 Å². The normalized spacial score (nSPS) is 32.2. The fourth-order valence-corrected chi connectivity index (χ4v) is 9.13. The maximum absolute atomic E-state index is 14.4. The Morgan fingerprint density at radius 3 is 2.79 bits per heavy atom. The number of halogens is 1. The summed E-state index contributed by atoms with van der Waals surface area (Å²) in [7, 11) is 0. The highest BCUT2D eigenvalue weighted by atomic mass is 19.1. The zero-order valence-corrected chi connectivity index (χ0v) is 24.5. The van der Waals surface area contributed by atoms with Crippen molar-refractivity contribution in [2.45, 2.75) is 94.7 Å². The third kappa shape index (κ3) is 4.45. The molecule has 0 radical (unpaired) electrons. The second kappa shape index (κ2) is 11.0. The highest BCUT2D eigenvalue weighted by Crippen LogP contribution is 2.90. The predicted octanol–water partition coefficient (Wildman–Crippen LogP) is 5.10. The van der Waals surface area contributed by atoms with Gasteiger partial charge in [-0.1, -0.05) is 44.9 Å². The molecule has 0 bridgehead atoms. The van der Waals surface area contributed by atoms with Crippen LogP contribution in [0.3, 0.4) is 0 Å². The van der Waals surface area contributed by atoms with E-state index in [4.69, 9.17) is 18.9 Å². The van der Waals surface area contributed by atoms with Crippen molar-refractivity contribution < 1.29 is 27.9 Å². The lowest BCUT2D eigenvalue weighted by molar-refractivity contribution is -0.123. The molecule has 2 N–H and O–H groups in total. The Hall–Kier alpha value is -2.94. The Bertz CT molecular complexity index is 1340. The molecule has 6 unspecified atom stereocenters.